The van der Waals surface area contributed by atoms with Crippen LogP contribution in [0.25, 0.3) is 0 Å². The molecule has 1 aliphatic rings. The normalized spacial score (nSPS) is 13.4. The summed E-state index contributed by atoms with van der Waals surface area (Å²) < 4.78 is 6.81. The van der Waals surface area contributed by atoms with E-state index in [2.05, 4.69) is 33.0 Å². The Morgan fingerprint density at radius 3 is 2.83 bits per heavy atom. The number of nitrogens with zero attached hydrogens (tertiary/aromatic N) is 1. The Hall–Kier alpha value is -1.35. The standard InChI is InChI=1S/C15H14BrNO/c1-10-7-15(17-9-14(10)16)18-13-6-5-11-3-2-4-12(11)8-13/h5-9H,2-4H2,1H3. The number of aryl methyl sites for hydroxylation is 3. The molecule has 0 unspecified atom stereocenters. The van der Waals surface area contributed by atoms with E-state index in [1.165, 1.54) is 30.4 Å². The van der Waals surface area contributed by atoms with E-state index in [1.54, 1.807) is 6.20 Å². The van der Waals surface area contributed by atoms with Crippen molar-refractivity contribution in [2.45, 2.75) is 26.2 Å². The minimum atomic E-state index is 0.647. The Morgan fingerprint density at radius 1 is 1.17 bits per heavy atom. The number of hydrogen-bond acceptors (Lipinski definition) is 2. The Labute approximate surface area is 115 Å². The van der Waals surface area contributed by atoms with E-state index >= 15 is 0 Å². The highest BCUT2D eigenvalue weighted by molar-refractivity contribution is 9.10. The van der Waals surface area contributed by atoms with Crippen LogP contribution in [0.2, 0.25) is 0 Å². The van der Waals surface area contributed by atoms with Gasteiger partial charge in [0, 0.05) is 16.7 Å². The average Bonchev–Trinajstić information content (AvgIpc) is 2.81. The SMILES string of the molecule is Cc1cc(Oc2ccc3c(c2)CCC3)ncc1Br. The third kappa shape index (κ3) is 2.27. The first-order valence-corrected chi connectivity index (χ1v) is 6.93. The quantitative estimate of drug-likeness (QED) is 0.818. The van der Waals surface area contributed by atoms with Crippen molar-refractivity contribution in [3.8, 4) is 11.6 Å². The predicted octanol–water partition coefficient (Wildman–Crippen LogP) is 4.43. The first kappa shape index (κ1) is 11.7. The summed E-state index contributed by atoms with van der Waals surface area (Å²) in [7, 11) is 0. The maximum atomic E-state index is 5.81. The molecule has 1 aromatic carbocycles. The van der Waals surface area contributed by atoms with Crippen molar-refractivity contribution in [1.82, 2.24) is 4.98 Å². The lowest BCUT2D eigenvalue weighted by Gasteiger charge is -2.08. The first-order valence-electron chi connectivity index (χ1n) is 6.14. The van der Waals surface area contributed by atoms with Gasteiger partial charge in [0.05, 0.1) is 0 Å². The second-order valence-corrected chi connectivity index (χ2v) is 5.51. The fraction of sp³-hybridized carbons (Fsp3) is 0.267. The van der Waals surface area contributed by atoms with Crippen LogP contribution < -0.4 is 4.74 Å². The number of fused-ring (bicyclic) bond motifs is 1. The van der Waals surface area contributed by atoms with Crippen molar-refractivity contribution in [1.29, 1.82) is 0 Å². The molecule has 0 atom stereocenters. The predicted molar refractivity (Wildman–Crippen MR) is 75.2 cm³/mol. The summed E-state index contributed by atoms with van der Waals surface area (Å²) in [6.07, 6.45) is 5.40. The number of benzene rings is 1. The number of halogens is 1. The molecular formula is C15H14BrNO. The molecule has 0 fully saturated rings. The number of hydrogen-bond donors (Lipinski definition) is 0. The summed E-state index contributed by atoms with van der Waals surface area (Å²) >= 11 is 3.44. The van der Waals surface area contributed by atoms with Crippen LogP contribution in [0.1, 0.15) is 23.1 Å². The van der Waals surface area contributed by atoms with Crippen LogP contribution in [0.5, 0.6) is 11.6 Å². The van der Waals surface area contributed by atoms with E-state index in [4.69, 9.17) is 4.74 Å². The van der Waals surface area contributed by atoms with Gasteiger partial charge in [-0.05, 0) is 70.9 Å². The summed E-state index contributed by atoms with van der Waals surface area (Å²) in [4.78, 5) is 4.26. The molecule has 0 radical (unpaired) electrons. The number of rotatable bonds is 2. The maximum absolute atomic E-state index is 5.81. The van der Waals surface area contributed by atoms with Crippen molar-refractivity contribution in [3.63, 3.8) is 0 Å². The average molecular weight is 304 g/mol. The topological polar surface area (TPSA) is 22.1 Å². The Balaban J connectivity index is 1.85. The third-order valence-corrected chi connectivity index (χ3v) is 4.14. The van der Waals surface area contributed by atoms with Crippen molar-refractivity contribution in [2.75, 3.05) is 0 Å². The van der Waals surface area contributed by atoms with Crippen molar-refractivity contribution >= 4 is 15.9 Å². The van der Waals surface area contributed by atoms with Crippen LogP contribution in [0.4, 0.5) is 0 Å². The second kappa shape index (κ2) is 4.73. The first-order chi connectivity index (χ1) is 8.72. The van der Waals surface area contributed by atoms with E-state index in [9.17, 15) is 0 Å². The molecule has 0 N–H and O–H groups in total. The monoisotopic (exact) mass is 303 g/mol. The van der Waals surface area contributed by atoms with Gasteiger partial charge in [0.15, 0.2) is 0 Å². The highest BCUT2D eigenvalue weighted by Gasteiger charge is 2.11. The van der Waals surface area contributed by atoms with Crippen molar-refractivity contribution in [2.24, 2.45) is 0 Å². The minimum Gasteiger partial charge on any atom is -0.439 e. The van der Waals surface area contributed by atoms with Crippen LogP contribution >= 0.6 is 15.9 Å². The molecule has 3 rings (SSSR count). The van der Waals surface area contributed by atoms with E-state index < -0.39 is 0 Å². The molecule has 1 aromatic heterocycles. The molecule has 18 heavy (non-hydrogen) atoms. The lowest BCUT2D eigenvalue weighted by atomic mass is 10.1. The van der Waals surface area contributed by atoms with Gasteiger partial charge in [-0.2, -0.15) is 0 Å². The summed E-state index contributed by atoms with van der Waals surface area (Å²) in [5, 5.41) is 0. The van der Waals surface area contributed by atoms with Crippen LogP contribution in [0.15, 0.2) is 34.9 Å². The lowest BCUT2D eigenvalue weighted by Crippen LogP contribution is -1.91. The van der Waals surface area contributed by atoms with Gasteiger partial charge in [0.1, 0.15) is 5.75 Å². The van der Waals surface area contributed by atoms with E-state index in [0.717, 1.165) is 15.8 Å². The molecule has 3 heteroatoms. The summed E-state index contributed by atoms with van der Waals surface area (Å²) in [5.41, 5.74) is 4.00. The molecule has 0 saturated heterocycles. The molecule has 92 valence electrons. The van der Waals surface area contributed by atoms with Gasteiger partial charge in [0.2, 0.25) is 5.88 Å². The Kier molecular flexibility index (Phi) is 3.08. The number of aromatic nitrogens is 1. The fourth-order valence-electron chi connectivity index (χ4n) is 2.30. The van der Waals surface area contributed by atoms with E-state index in [-0.39, 0.29) is 0 Å². The van der Waals surface area contributed by atoms with Crippen molar-refractivity contribution in [3.05, 3.63) is 51.6 Å². The Bertz CT molecular complexity index is 595. The molecule has 0 aliphatic heterocycles. The molecule has 1 heterocycles. The molecule has 2 aromatic rings. The van der Waals surface area contributed by atoms with E-state index in [0.29, 0.717) is 5.88 Å². The molecule has 2 nitrogen and oxygen atoms in total. The van der Waals surface area contributed by atoms with Gasteiger partial charge in [-0.15, -0.1) is 0 Å². The molecule has 1 aliphatic carbocycles. The van der Waals surface area contributed by atoms with Crippen LogP contribution in [-0.4, -0.2) is 4.98 Å². The Morgan fingerprint density at radius 2 is 2.00 bits per heavy atom. The largest absolute Gasteiger partial charge is 0.439 e. The fourth-order valence-corrected chi connectivity index (χ4v) is 2.52. The zero-order valence-electron chi connectivity index (χ0n) is 10.2. The maximum Gasteiger partial charge on any atom is 0.219 e. The number of ether oxygens (including phenoxy) is 1. The highest BCUT2D eigenvalue weighted by Crippen LogP contribution is 2.29. The molecule has 0 bridgehead atoms. The van der Waals surface area contributed by atoms with Gasteiger partial charge in [-0.3, -0.25) is 0 Å². The second-order valence-electron chi connectivity index (χ2n) is 4.66. The summed E-state index contributed by atoms with van der Waals surface area (Å²) in [6, 6.07) is 8.28. The van der Waals surface area contributed by atoms with Gasteiger partial charge in [-0.1, -0.05) is 6.07 Å². The lowest BCUT2D eigenvalue weighted by molar-refractivity contribution is 0.461. The number of pyridine rings is 1. The van der Waals surface area contributed by atoms with Gasteiger partial charge < -0.3 is 4.74 Å². The van der Waals surface area contributed by atoms with Gasteiger partial charge >= 0.3 is 0 Å². The summed E-state index contributed by atoms with van der Waals surface area (Å²) in [6.45, 7) is 2.03. The van der Waals surface area contributed by atoms with Crippen LogP contribution in [0.3, 0.4) is 0 Å². The molecule has 0 spiro atoms. The molecular weight excluding hydrogens is 290 g/mol. The van der Waals surface area contributed by atoms with Crippen LogP contribution in [0, 0.1) is 6.92 Å². The van der Waals surface area contributed by atoms with Crippen LogP contribution in [-0.2, 0) is 12.8 Å². The van der Waals surface area contributed by atoms with Gasteiger partial charge in [-0.25, -0.2) is 4.98 Å². The highest BCUT2D eigenvalue weighted by atomic mass is 79.9. The van der Waals surface area contributed by atoms with Gasteiger partial charge in [0.25, 0.3) is 0 Å². The zero-order chi connectivity index (χ0) is 12.5. The molecule has 0 amide bonds. The van der Waals surface area contributed by atoms with Crippen molar-refractivity contribution < 1.29 is 4.74 Å². The van der Waals surface area contributed by atoms with E-state index in [1.807, 2.05) is 19.1 Å². The third-order valence-electron chi connectivity index (χ3n) is 3.31. The summed E-state index contributed by atoms with van der Waals surface area (Å²) in [5.74, 6) is 1.53. The molecule has 0 saturated carbocycles. The zero-order valence-corrected chi connectivity index (χ0v) is 11.8. The smallest absolute Gasteiger partial charge is 0.219 e. The minimum absolute atomic E-state index is 0.647.